The quantitative estimate of drug-likeness (QED) is 0.897. The van der Waals surface area contributed by atoms with Crippen LogP contribution in [-0.2, 0) is 4.79 Å². The molecule has 2 saturated carbocycles. The number of hydrogen-bond acceptors (Lipinski definition) is 3. The molecule has 5 nitrogen and oxygen atoms in total. The lowest BCUT2D eigenvalue weighted by Gasteiger charge is -2.35. The molecule has 5 heteroatoms. The molecule has 2 amide bonds. The van der Waals surface area contributed by atoms with Gasteiger partial charge in [-0.25, -0.2) is 4.98 Å². The topological polar surface area (TPSA) is 71.1 Å². The van der Waals surface area contributed by atoms with Crippen LogP contribution in [0.15, 0.2) is 18.3 Å². The van der Waals surface area contributed by atoms with Crippen molar-refractivity contribution in [2.45, 2.75) is 52.0 Å². The van der Waals surface area contributed by atoms with Gasteiger partial charge in [-0.2, -0.15) is 0 Å². The Balaban J connectivity index is 1.65. The van der Waals surface area contributed by atoms with Crippen molar-refractivity contribution in [3.05, 3.63) is 23.9 Å². The van der Waals surface area contributed by atoms with Gasteiger partial charge in [0.1, 0.15) is 5.82 Å². The van der Waals surface area contributed by atoms with Crippen molar-refractivity contribution in [2.75, 3.05) is 5.32 Å². The minimum absolute atomic E-state index is 0.00424. The van der Waals surface area contributed by atoms with Crippen LogP contribution in [0.4, 0.5) is 5.82 Å². The number of anilines is 1. The molecule has 0 radical (unpaired) electrons. The summed E-state index contributed by atoms with van der Waals surface area (Å²) in [5.41, 5.74) is 0.552. The Hall–Kier alpha value is -1.91. The first-order valence-corrected chi connectivity index (χ1v) is 8.62. The van der Waals surface area contributed by atoms with Crippen molar-refractivity contribution in [1.82, 2.24) is 10.3 Å². The molecule has 0 aliphatic heterocycles. The summed E-state index contributed by atoms with van der Waals surface area (Å²) in [5, 5.41) is 5.96. The lowest BCUT2D eigenvalue weighted by Crippen LogP contribution is -2.45. The van der Waals surface area contributed by atoms with Crippen LogP contribution in [0.2, 0.25) is 0 Å². The van der Waals surface area contributed by atoms with Crippen molar-refractivity contribution < 1.29 is 9.59 Å². The molecule has 2 N–H and O–H groups in total. The number of carbonyl (C=O) groups is 2. The number of pyridine rings is 1. The first-order chi connectivity index (χ1) is 11.0. The molecule has 0 bridgehead atoms. The average Bonchev–Trinajstić information content (AvgIpc) is 3.36. The van der Waals surface area contributed by atoms with Crippen LogP contribution in [0.3, 0.4) is 0 Å². The molecule has 0 spiro atoms. The first kappa shape index (κ1) is 16.0. The van der Waals surface area contributed by atoms with E-state index in [0.29, 0.717) is 23.2 Å². The first-order valence-electron chi connectivity index (χ1n) is 8.62. The van der Waals surface area contributed by atoms with Gasteiger partial charge >= 0.3 is 0 Å². The Morgan fingerprint density at radius 1 is 1.13 bits per heavy atom. The maximum atomic E-state index is 12.5. The molecule has 2 atom stereocenters. The summed E-state index contributed by atoms with van der Waals surface area (Å²) in [5.74, 6) is 1.50. The van der Waals surface area contributed by atoms with E-state index in [2.05, 4.69) is 29.5 Å². The molecule has 0 saturated heterocycles. The lowest BCUT2D eigenvalue weighted by atomic mass is 9.78. The van der Waals surface area contributed by atoms with Gasteiger partial charge in [-0.05, 0) is 49.7 Å². The summed E-state index contributed by atoms with van der Waals surface area (Å²) in [6.45, 7) is 4.41. The number of nitrogens with one attached hydrogen (secondary N) is 2. The van der Waals surface area contributed by atoms with Gasteiger partial charge in [0, 0.05) is 23.7 Å². The number of rotatable bonds is 4. The molecule has 3 rings (SSSR count). The smallest absolute Gasteiger partial charge is 0.251 e. The van der Waals surface area contributed by atoms with Crippen molar-refractivity contribution >= 4 is 17.6 Å². The highest BCUT2D eigenvalue weighted by molar-refractivity contribution is 5.97. The average molecular weight is 315 g/mol. The van der Waals surface area contributed by atoms with Crippen LogP contribution in [0.1, 0.15) is 56.3 Å². The Labute approximate surface area is 137 Å². The van der Waals surface area contributed by atoms with E-state index in [1.165, 1.54) is 6.42 Å². The lowest BCUT2D eigenvalue weighted by molar-refractivity contribution is -0.117. The fourth-order valence-electron chi connectivity index (χ4n) is 3.41. The maximum Gasteiger partial charge on any atom is 0.251 e. The number of carbonyl (C=O) groups excluding carboxylic acids is 2. The molecule has 0 aromatic carbocycles. The highest BCUT2D eigenvalue weighted by Gasteiger charge is 2.31. The zero-order chi connectivity index (χ0) is 16.4. The Morgan fingerprint density at radius 3 is 2.48 bits per heavy atom. The molecule has 23 heavy (non-hydrogen) atoms. The minimum atomic E-state index is -0.0834. The van der Waals surface area contributed by atoms with Crippen LogP contribution in [0.5, 0.6) is 0 Å². The highest BCUT2D eigenvalue weighted by atomic mass is 16.2. The summed E-state index contributed by atoms with van der Waals surface area (Å²) in [7, 11) is 0. The van der Waals surface area contributed by atoms with Crippen molar-refractivity contribution in [3.8, 4) is 0 Å². The molecule has 2 unspecified atom stereocenters. The van der Waals surface area contributed by atoms with E-state index >= 15 is 0 Å². The molecular weight excluding hydrogens is 290 g/mol. The van der Waals surface area contributed by atoms with E-state index in [1.807, 2.05) is 0 Å². The second kappa shape index (κ2) is 6.69. The molecule has 1 aromatic rings. The predicted molar refractivity (Wildman–Crippen MR) is 89.0 cm³/mol. The normalized spacial score (nSPS) is 27.3. The van der Waals surface area contributed by atoms with E-state index in [9.17, 15) is 9.59 Å². The van der Waals surface area contributed by atoms with Gasteiger partial charge in [0.25, 0.3) is 5.91 Å². The largest absolute Gasteiger partial charge is 0.349 e. The van der Waals surface area contributed by atoms with Crippen LogP contribution in [0, 0.1) is 17.8 Å². The number of aromatic nitrogens is 1. The van der Waals surface area contributed by atoms with Crippen LogP contribution >= 0.6 is 0 Å². The third-order valence-corrected chi connectivity index (χ3v) is 5.06. The van der Waals surface area contributed by atoms with Crippen LogP contribution in [-0.4, -0.2) is 22.8 Å². The van der Waals surface area contributed by atoms with Gasteiger partial charge < -0.3 is 10.6 Å². The Bertz CT molecular complexity index is 588. The van der Waals surface area contributed by atoms with Crippen molar-refractivity contribution in [1.29, 1.82) is 0 Å². The summed E-state index contributed by atoms with van der Waals surface area (Å²) >= 11 is 0. The molecule has 2 aliphatic carbocycles. The molecule has 1 heterocycles. The van der Waals surface area contributed by atoms with Gasteiger partial charge in [0.15, 0.2) is 0 Å². The summed E-state index contributed by atoms with van der Waals surface area (Å²) in [6, 6.07) is 3.57. The fraction of sp³-hybridized carbons (Fsp3) is 0.611. The van der Waals surface area contributed by atoms with E-state index in [0.717, 1.165) is 25.7 Å². The van der Waals surface area contributed by atoms with Crippen LogP contribution < -0.4 is 10.6 Å². The summed E-state index contributed by atoms with van der Waals surface area (Å²) in [6.07, 6.45) is 7.03. The van der Waals surface area contributed by atoms with Gasteiger partial charge in [-0.1, -0.05) is 20.3 Å². The van der Waals surface area contributed by atoms with E-state index in [4.69, 9.17) is 0 Å². The molecular formula is C18H25N3O2. The van der Waals surface area contributed by atoms with Crippen LogP contribution in [0.25, 0.3) is 0 Å². The zero-order valence-electron chi connectivity index (χ0n) is 13.8. The summed E-state index contributed by atoms with van der Waals surface area (Å²) < 4.78 is 0. The second-order valence-electron chi connectivity index (χ2n) is 7.08. The Kier molecular flexibility index (Phi) is 4.64. The van der Waals surface area contributed by atoms with Gasteiger partial charge in [0.2, 0.25) is 5.91 Å². The second-order valence-corrected chi connectivity index (χ2v) is 7.08. The molecule has 2 aliphatic rings. The standard InChI is InChI=1S/C18H25N3O2/c1-11-4-3-5-12(2)16(11)21-18(23)14-8-9-19-15(10-14)20-17(22)13-6-7-13/h8-13,16H,3-7H2,1-2H3,(H,21,23)(H,19,20,22). The Morgan fingerprint density at radius 2 is 1.83 bits per heavy atom. The maximum absolute atomic E-state index is 12.5. The number of hydrogen-bond donors (Lipinski definition) is 2. The monoisotopic (exact) mass is 315 g/mol. The van der Waals surface area contributed by atoms with Crippen molar-refractivity contribution in [3.63, 3.8) is 0 Å². The predicted octanol–water partition coefficient (Wildman–Crippen LogP) is 2.98. The number of amides is 2. The minimum Gasteiger partial charge on any atom is -0.349 e. The fourth-order valence-corrected chi connectivity index (χ4v) is 3.41. The number of nitrogens with zero attached hydrogens (tertiary/aromatic N) is 1. The summed E-state index contributed by atoms with van der Waals surface area (Å²) in [4.78, 5) is 28.5. The molecule has 2 fully saturated rings. The highest BCUT2D eigenvalue weighted by Crippen LogP contribution is 2.30. The third-order valence-electron chi connectivity index (χ3n) is 5.06. The van der Waals surface area contributed by atoms with Gasteiger partial charge in [-0.15, -0.1) is 0 Å². The zero-order valence-corrected chi connectivity index (χ0v) is 13.8. The molecule has 1 aromatic heterocycles. The van der Waals surface area contributed by atoms with Gasteiger partial charge in [0.05, 0.1) is 0 Å². The molecule has 124 valence electrons. The third kappa shape index (κ3) is 3.89. The van der Waals surface area contributed by atoms with Crippen molar-refractivity contribution in [2.24, 2.45) is 17.8 Å². The van der Waals surface area contributed by atoms with E-state index in [1.54, 1.807) is 18.3 Å². The van der Waals surface area contributed by atoms with Gasteiger partial charge in [-0.3, -0.25) is 9.59 Å². The van der Waals surface area contributed by atoms with E-state index < -0.39 is 0 Å². The SMILES string of the molecule is CC1CCCC(C)C1NC(=O)c1ccnc(NC(=O)C2CC2)c1. The van der Waals surface area contributed by atoms with E-state index in [-0.39, 0.29) is 23.8 Å².